The Morgan fingerprint density at radius 1 is 1.22 bits per heavy atom. The molecular formula is C17H26N2O4. The highest BCUT2D eigenvalue weighted by Gasteiger charge is 2.30. The third-order valence-electron chi connectivity index (χ3n) is 4.69. The highest BCUT2D eigenvalue weighted by atomic mass is 16.6. The van der Waals surface area contributed by atoms with Crippen molar-refractivity contribution in [1.29, 1.82) is 0 Å². The van der Waals surface area contributed by atoms with E-state index >= 15 is 0 Å². The van der Waals surface area contributed by atoms with Crippen LogP contribution in [0.1, 0.15) is 45.4 Å². The second kappa shape index (κ2) is 7.23. The number of nitrogens with one attached hydrogen (secondary N) is 1. The van der Waals surface area contributed by atoms with Crippen molar-refractivity contribution in [3.05, 3.63) is 11.5 Å². The highest BCUT2D eigenvalue weighted by Crippen LogP contribution is 2.25. The third kappa shape index (κ3) is 4.39. The van der Waals surface area contributed by atoms with Crippen LogP contribution in [0.15, 0.2) is 11.5 Å². The summed E-state index contributed by atoms with van der Waals surface area (Å²) < 4.78 is 10.9. The number of piperidine rings is 1. The molecule has 0 radical (unpaired) electrons. The summed E-state index contributed by atoms with van der Waals surface area (Å²) in [5, 5.41) is 3.02. The molecule has 2 amide bonds. The van der Waals surface area contributed by atoms with Gasteiger partial charge >= 0.3 is 0 Å². The van der Waals surface area contributed by atoms with Crippen molar-refractivity contribution in [3.8, 4) is 0 Å². The number of amides is 2. The van der Waals surface area contributed by atoms with Gasteiger partial charge in [0, 0.05) is 25.6 Å². The standard InChI is InChI=1S/C17H26N2O4/c1-12-16(23-10-9-22-12)17(21)19-8-2-3-13(11-19)4-7-15(20)18-14-5-6-14/h13-14H,2-11H2,1H3,(H,18,20). The van der Waals surface area contributed by atoms with Crippen LogP contribution >= 0.6 is 0 Å². The van der Waals surface area contributed by atoms with Crippen LogP contribution in [-0.2, 0) is 19.1 Å². The molecule has 2 aliphatic heterocycles. The molecule has 3 rings (SSSR count). The predicted octanol–water partition coefficient (Wildman–Crippen LogP) is 1.56. The Hall–Kier alpha value is -1.72. The van der Waals surface area contributed by atoms with Crippen LogP contribution in [0.2, 0.25) is 0 Å². The van der Waals surface area contributed by atoms with E-state index in [0.717, 1.165) is 38.6 Å². The van der Waals surface area contributed by atoms with E-state index in [1.807, 2.05) is 4.90 Å². The van der Waals surface area contributed by atoms with Crippen molar-refractivity contribution < 1.29 is 19.1 Å². The molecule has 0 bridgehead atoms. The minimum atomic E-state index is -0.0747. The smallest absolute Gasteiger partial charge is 0.292 e. The summed E-state index contributed by atoms with van der Waals surface area (Å²) in [4.78, 5) is 26.2. The Kier molecular flexibility index (Phi) is 5.08. The fourth-order valence-electron chi connectivity index (χ4n) is 3.21. The molecule has 1 saturated heterocycles. The Morgan fingerprint density at radius 2 is 2.00 bits per heavy atom. The molecule has 6 nitrogen and oxygen atoms in total. The van der Waals surface area contributed by atoms with Crippen molar-refractivity contribution in [2.75, 3.05) is 26.3 Å². The van der Waals surface area contributed by atoms with Gasteiger partial charge in [-0.3, -0.25) is 9.59 Å². The Labute approximate surface area is 137 Å². The highest BCUT2D eigenvalue weighted by molar-refractivity contribution is 5.92. The molecular weight excluding hydrogens is 296 g/mol. The van der Waals surface area contributed by atoms with Crippen molar-refractivity contribution in [2.45, 2.75) is 51.5 Å². The molecule has 2 fully saturated rings. The number of nitrogens with zero attached hydrogens (tertiary/aromatic N) is 1. The average Bonchev–Trinajstić information content (AvgIpc) is 3.37. The molecule has 2 heterocycles. The molecule has 0 aromatic carbocycles. The van der Waals surface area contributed by atoms with E-state index in [9.17, 15) is 9.59 Å². The van der Waals surface area contributed by atoms with Gasteiger partial charge in [-0.05, 0) is 44.9 Å². The zero-order chi connectivity index (χ0) is 16.2. The third-order valence-corrected chi connectivity index (χ3v) is 4.69. The first kappa shape index (κ1) is 16.1. The molecule has 1 aliphatic carbocycles. The summed E-state index contributed by atoms with van der Waals surface area (Å²) in [6, 6.07) is 0.422. The largest absolute Gasteiger partial charge is 0.491 e. The number of carbonyl (C=O) groups excluding carboxylic acids is 2. The van der Waals surface area contributed by atoms with Gasteiger partial charge in [0.1, 0.15) is 19.0 Å². The first-order valence-corrected chi connectivity index (χ1v) is 8.68. The molecule has 1 unspecified atom stereocenters. The second-order valence-electron chi connectivity index (χ2n) is 6.72. The Morgan fingerprint density at radius 3 is 2.74 bits per heavy atom. The maximum atomic E-state index is 12.6. The van der Waals surface area contributed by atoms with Gasteiger partial charge < -0.3 is 19.7 Å². The van der Waals surface area contributed by atoms with Crippen LogP contribution in [0.5, 0.6) is 0 Å². The normalized spacial score (nSPS) is 24.7. The first-order valence-electron chi connectivity index (χ1n) is 8.68. The molecule has 23 heavy (non-hydrogen) atoms. The minimum absolute atomic E-state index is 0.0747. The number of rotatable bonds is 5. The molecule has 6 heteroatoms. The zero-order valence-corrected chi connectivity index (χ0v) is 13.8. The summed E-state index contributed by atoms with van der Waals surface area (Å²) in [6.07, 6.45) is 5.70. The predicted molar refractivity (Wildman–Crippen MR) is 84.3 cm³/mol. The van der Waals surface area contributed by atoms with Gasteiger partial charge in [-0.15, -0.1) is 0 Å². The van der Waals surface area contributed by atoms with E-state index in [-0.39, 0.29) is 11.8 Å². The lowest BCUT2D eigenvalue weighted by Crippen LogP contribution is -2.42. The van der Waals surface area contributed by atoms with Crippen LogP contribution < -0.4 is 5.32 Å². The van der Waals surface area contributed by atoms with Crippen LogP contribution in [-0.4, -0.2) is 49.1 Å². The topological polar surface area (TPSA) is 67.9 Å². The molecule has 1 saturated carbocycles. The van der Waals surface area contributed by atoms with E-state index in [1.165, 1.54) is 0 Å². The summed E-state index contributed by atoms with van der Waals surface area (Å²) in [7, 11) is 0. The summed E-state index contributed by atoms with van der Waals surface area (Å²) in [6.45, 7) is 4.16. The van der Waals surface area contributed by atoms with Gasteiger partial charge in [0.15, 0.2) is 0 Å². The van der Waals surface area contributed by atoms with Crippen molar-refractivity contribution in [2.24, 2.45) is 5.92 Å². The van der Waals surface area contributed by atoms with E-state index in [0.29, 0.717) is 49.7 Å². The number of hydrogen-bond acceptors (Lipinski definition) is 4. The van der Waals surface area contributed by atoms with E-state index < -0.39 is 0 Å². The van der Waals surface area contributed by atoms with Gasteiger partial charge in [0.05, 0.1) is 0 Å². The van der Waals surface area contributed by atoms with Gasteiger partial charge in [-0.25, -0.2) is 0 Å². The molecule has 1 atom stereocenters. The molecule has 3 aliphatic rings. The zero-order valence-electron chi connectivity index (χ0n) is 13.8. The quantitative estimate of drug-likeness (QED) is 0.834. The molecule has 128 valence electrons. The number of ether oxygens (including phenoxy) is 2. The van der Waals surface area contributed by atoms with Gasteiger partial charge in [-0.1, -0.05) is 0 Å². The van der Waals surface area contributed by atoms with Crippen molar-refractivity contribution in [3.63, 3.8) is 0 Å². The summed E-state index contributed by atoms with van der Waals surface area (Å²) in [5.41, 5.74) is 0. The molecule has 0 aromatic rings. The molecule has 1 N–H and O–H groups in total. The monoisotopic (exact) mass is 322 g/mol. The SMILES string of the molecule is CC1=C(C(=O)N2CCCC(CCC(=O)NC3CC3)C2)OCCO1. The van der Waals surface area contributed by atoms with Gasteiger partial charge in [0.25, 0.3) is 5.91 Å². The van der Waals surface area contributed by atoms with Crippen LogP contribution in [0.3, 0.4) is 0 Å². The summed E-state index contributed by atoms with van der Waals surface area (Å²) in [5.74, 6) is 1.39. The van der Waals surface area contributed by atoms with E-state index in [4.69, 9.17) is 9.47 Å². The lowest BCUT2D eigenvalue weighted by atomic mass is 9.93. The lowest BCUT2D eigenvalue weighted by molar-refractivity contribution is -0.134. The molecule has 0 aromatic heterocycles. The van der Waals surface area contributed by atoms with Crippen LogP contribution in [0, 0.1) is 5.92 Å². The van der Waals surface area contributed by atoms with E-state index in [2.05, 4.69) is 5.32 Å². The molecule has 0 spiro atoms. The lowest BCUT2D eigenvalue weighted by Gasteiger charge is -2.34. The van der Waals surface area contributed by atoms with Crippen LogP contribution in [0.25, 0.3) is 0 Å². The first-order chi connectivity index (χ1) is 11.1. The van der Waals surface area contributed by atoms with Crippen LogP contribution in [0.4, 0.5) is 0 Å². The fourth-order valence-corrected chi connectivity index (χ4v) is 3.21. The Bertz CT molecular complexity index is 499. The average molecular weight is 322 g/mol. The minimum Gasteiger partial charge on any atom is -0.491 e. The van der Waals surface area contributed by atoms with Crippen molar-refractivity contribution >= 4 is 11.8 Å². The number of hydrogen-bond donors (Lipinski definition) is 1. The fraction of sp³-hybridized carbons (Fsp3) is 0.765. The maximum Gasteiger partial charge on any atom is 0.292 e. The number of allylic oxidation sites excluding steroid dienone is 1. The maximum absolute atomic E-state index is 12.6. The number of likely N-dealkylation sites (tertiary alicyclic amines) is 1. The van der Waals surface area contributed by atoms with Crippen molar-refractivity contribution in [1.82, 2.24) is 10.2 Å². The number of carbonyl (C=O) groups is 2. The summed E-state index contributed by atoms with van der Waals surface area (Å²) >= 11 is 0. The second-order valence-corrected chi connectivity index (χ2v) is 6.72. The van der Waals surface area contributed by atoms with Gasteiger partial charge in [-0.2, -0.15) is 0 Å². The Balaban J connectivity index is 1.49. The van der Waals surface area contributed by atoms with Gasteiger partial charge in [0.2, 0.25) is 11.7 Å². The van der Waals surface area contributed by atoms with E-state index in [1.54, 1.807) is 6.92 Å².